The van der Waals surface area contributed by atoms with E-state index in [1.54, 1.807) is 20.1 Å². The van der Waals surface area contributed by atoms with Crippen LogP contribution >= 0.6 is 0 Å². The summed E-state index contributed by atoms with van der Waals surface area (Å²) in [6.45, 7) is 5.84. The van der Waals surface area contributed by atoms with Gasteiger partial charge in [-0.05, 0) is 27.2 Å². The fourth-order valence-electron chi connectivity index (χ4n) is 1.13. The first-order valence-corrected chi connectivity index (χ1v) is 8.95. The van der Waals surface area contributed by atoms with Gasteiger partial charge in [-0.3, -0.25) is 4.21 Å². The van der Waals surface area contributed by atoms with Gasteiger partial charge in [0.05, 0.1) is 11.0 Å². The standard InChI is InChI=1S/C10H23NO3S2/c1-9(2)16(13,14)8-6-11-10(3)5-7-15(4)12/h9-11H,5-8H2,1-4H3. The molecule has 0 aromatic carbocycles. The van der Waals surface area contributed by atoms with Crippen LogP contribution in [0.15, 0.2) is 0 Å². The highest BCUT2D eigenvalue weighted by atomic mass is 32.2. The average molecular weight is 269 g/mol. The van der Waals surface area contributed by atoms with Crippen molar-refractivity contribution in [3.63, 3.8) is 0 Å². The van der Waals surface area contributed by atoms with Gasteiger partial charge in [0.2, 0.25) is 0 Å². The first-order chi connectivity index (χ1) is 7.25. The molecule has 4 nitrogen and oxygen atoms in total. The van der Waals surface area contributed by atoms with Gasteiger partial charge in [0.1, 0.15) is 0 Å². The summed E-state index contributed by atoms with van der Waals surface area (Å²) in [5.41, 5.74) is 0. The van der Waals surface area contributed by atoms with E-state index in [1.165, 1.54) is 0 Å². The van der Waals surface area contributed by atoms with Gasteiger partial charge in [-0.1, -0.05) is 0 Å². The Morgan fingerprint density at radius 3 is 2.25 bits per heavy atom. The maximum Gasteiger partial charge on any atom is 0.153 e. The summed E-state index contributed by atoms with van der Waals surface area (Å²) in [5, 5.41) is 2.82. The molecule has 0 radical (unpaired) electrons. The van der Waals surface area contributed by atoms with Gasteiger partial charge < -0.3 is 5.32 Å². The van der Waals surface area contributed by atoms with Gasteiger partial charge in [-0.15, -0.1) is 0 Å². The molecule has 0 bridgehead atoms. The minimum absolute atomic E-state index is 0.171. The molecule has 0 aliphatic rings. The van der Waals surface area contributed by atoms with Crippen LogP contribution < -0.4 is 5.32 Å². The third-order valence-electron chi connectivity index (χ3n) is 2.44. The summed E-state index contributed by atoms with van der Waals surface area (Å²) in [5.74, 6) is 0.829. The van der Waals surface area contributed by atoms with Gasteiger partial charge in [0.25, 0.3) is 0 Å². The highest BCUT2D eigenvalue weighted by Gasteiger charge is 2.15. The van der Waals surface area contributed by atoms with E-state index in [-0.39, 0.29) is 17.0 Å². The van der Waals surface area contributed by atoms with Crippen molar-refractivity contribution in [1.29, 1.82) is 0 Å². The molecule has 0 fully saturated rings. The summed E-state index contributed by atoms with van der Waals surface area (Å²) in [7, 11) is -3.72. The van der Waals surface area contributed by atoms with E-state index in [4.69, 9.17) is 0 Å². The maximum atomic E-state index is 11.5. The molecule has 2 unspecified atom stereocenters. The summed E-state index contributed by atoms with van der Waals surface area (Å²) in [4.78, 5) is 0. The molecule has 0 saturated heterocycles. The predicted octanol–water partition coefficient (Wildman–Crippen LogP) is 0.556. The lowest BCUT2D eigenvalue weighted by Gasteiger charge is -2.14. The predicted molar refractivity (Wildman–Crippen MR) is 69.9 cm³/mol. The van der Waals surface area contributed by atoms with Crippen molar-refractivity contribution in [3.05, 3.63) is 0 Å². The number of hydrogen-bond donors (Lipinski definition) is 1. The van der Waals surface area contributed by atoms with Gasteiger partial charge >= 0.3 is 0 Å². The molecule has 6 heteroatoms. The third-order valence-corrected chi connectivity index (χ3v) is 5.46. The van der Waals surface area contributed by atoms with E-state index in [2.05, 4.69) is 5.32 Å². The first kappa shape index (κ1) is 16.1. The lowest BCUT2D eigenvalue weighted by molar-refractivity contribution is 0.542. The second kappa shape index (κ2) is 7.40. The van der Waals surface area contributed by atoms with E-state index in [9.17, 15) is 12.6 Å². The van der Waals surface area contributed by atoms with E-state index >= 15 is 0 Å². The Morgan fingerprint density at radius 1 is 1.25 bits per heavy atom. The summed E-state index contributed by atoms with van der Waals surface area (Å²) in [6.07, 6.45) is 2.49. The monoisotopic (exact) mass is 269 g/mol. The normalized spacial score (nSPS) is 16.3. The maximum absolute atomic E-state index is 11.5. The molecule has 0 amide bonds. The van der Waals surface area contributed by atoms with Crippen LogP contribution in [0.3, 0.4) is 0 Å². The van der Waals surface area contributed by atoms with Crippen molar-refractivity contribution in [2.24, 2.45) is 0 Å². The van der Waals surface area contributed by atoms with Crippen LogP contribution in [0.1, 0.15) is 27.2 Å². The Balaban J connectivity index is 3.78. The third kappa shape index (κ3) is 7.35. The number of sulfone groups is 1. The van der Waals surface area contributed by atoms with Gasteiger partial charge in [-0.2, -0.15) is 0 Å². The zero-order valence-corrected chi connectivity index (χ0v) is 12.2. The fraction of sp³-hybridized carbons (Fsp3) is 1.00. The Kier molecular flexibility index (Phi) is 7.43. The minimum Gasteiger partial charge on any atom is -0.313 e. The molecule has 0 rings (SSSR count). The molecule has 0 saturated carbocycles. The Labute approximate surface area is 102 Å². The zero-order valence-electron chi connectivity index (χ0n) is 10.5. The van der Waals surface area contributed by atoms with Crippen LogP contribution in [-0.4, -0.2) is 48.2 Å². The molecular weight excluding hydrogens is 246 g/mol. The SMILES string of the molecule is CC(CCS(C)=O)NCCS(=O)(=O)C(C)C. The molecule has 0 aliphatic heterocycles. The summed E-state index contributed by atoms with van der Waals surface area (Å²) in [6, 6.07) is 0.214. The Hall–Kier alpha value is 0.0600. The summed E-state index contributed by atoms with van der Waals surface area (Å²) >= 11 is 0. The first-order valence-electron chi connectivity index (χ1n) is 5.50. The van der Waals surface area contributed by atoms with Crippen LogP contribution in [0.5, 0.6) is 0 Å². The lowest BCUT2D eigenvalue weighted by atomic mass is 10.3. The molecule has 0 aromatic heterocycles. The topological polar surface area (TPSA) is 63.2 Å². The van der Waals surface area contributed by atoms with Crippen LogP contribution in [-0.2, 0) is 20.6 Å². The highest BCUT2D eigenvalue weighted by molar-refractivity contribution is 7.92. The molecule has 16 heavy (non-hydrogen) atoms. The van der Waals surface area contributed by atoms with Gasteiger partial charge in [0, 0.05) is 35.4 Å². The number of nitrogens with one attached hydrogen (secondary N) is 1. The second-order valence-electron chi connectivity index (χ2n) is 4.34. The minimum atomic E-state index is -2.95. The van der Waals surface area contributed by atoms with Gasteiger partial charge in [0.15, 0.2) is 9.84 Å². The van der Waals surface area contributed by atoms with E-state index in [1.807, 2.05) is 6.92 Å². The number of hydrogen-bond acceptors (Lipinski definition) is 4. The number of rotatable bonds is 8. The second-order valence-corrected chi connectivity index (χ2v) is 8.57. The van der Waals surface area contributed by atoms with Crippen molar-refractivity contribution < 1.29 is 12.6 Å². The molecule has 98 valence electrons. The van der Waals surface area contributed by atoms with Crippen LogP contribution in [0, 0.1) is 0 Å². The largest absolute Gasteiger partial charge is 0.313 e. The van der Waals surface area contributed by atoms with Crippen LogP contribution in [0.2, 0.25) is 0 Å². The van der Waals surface area contributed by atoms with Crippen LogP contribution in [0.4, 0.5) is 0 Å². The smallest absolute Gasteiger partial charge is 0.153 e. The van der Waals surface area contributed by atoms with Gasteiger partial charge in [-0.25, -0.2) is 8.42 Å². The van der Waals surface area contributed by atoms with Crippen molar-refractivity contribution >= 4 is 20.6 Å². The summed E-state index contributed by atoms with van der Waals surface area (Å²) < 4.78 is 33.8. The van der Waals surface area contributed by atoms with Crippen molar-refractivity contribution in [2.75, 3.05) is 24.3 Å². The molecule has 0 aromatic rings. The molecule has 0 spiro atoms. The van der Waals surface area contributed by atoms with Crippen molar-refractivity contribution in [3.8, 4) is 0 Å². The van der Waals surface area contributed by atoms with E-state index in [0.717, 1.165) is 6.42 Å². The zero-order chi connectivity index (χ0) is 12.8. The molecule has 1 N–H and O–H groups in total. The average Bonchev–Trinajstić information content (AvgIpc) is 2.14. The van der Waals surface area contributed by atoms with E-state index < -0.39 is 20.6 Å². The Bertz CT molecular complexity index is 312. The van der Waals surface area contributed by atoms with Crippen molar-refractivity contribution in [2.45, 2.75) is 38.5 Å². The quantitative estimate of drug-likeness (QED) is 0.699. The van der Waals surface area contributed by atoms with E-state index in [0.29, 0.717) is 12.3 Å². The Morgan fingerprint density at radius 2 is 1.81 bits per heavy atom. The molecule has 0 heterocycles. The van der Waals surface area contributed by atoms with Crippen LogP contribution in [0.25, 0.3) is 0 Å². The van der Waals surface area contributed by atoms with Crippen molar-refractivity contribution in [1.82, 2.24) is 5.32 Å². The lowest BCUT2D eigenvalue weighted by Crippen LogP contribution is -2.33. The highest BCUT2D eigenvalue weighted by Crippen LogP contribution is 2.00. The fourth-order valence-corrected chi connectivity index (χ4v) is 2.69. The molecule has 2 atom stereocenters. The molecular formula is C10H23NO3S2. The molecule has 0 aliphatic carbocycles.